The lowest BCUT2D eigenvalue weighted by Crippen LogP contribution is -2.38. The predicted octanol–water partition coefficient (Wildman–Crippen LogP) is 2.42. The molecule has 0 spiro atoms. The van der Waals surface area contributed by atoms with E-state index in [2.05, 4.69) is 55.8 Å². The van der Waals surface area contributed by atoms with Gasteiger partial charge in [0.05, 0.1) is 6.61 Å². The van der Waals surface area contributed by atoms with E-state index in [1.54, 1.807) is 6.33 Å². The molecular formula is C18H21N5O. The molecule has 1 aliphatic heterocycles. The summed E-state index contributed by atoms with van der Waals surface area (Å²) in [4.78, 5) is 6.64. The van der Waals surface area contributed by atoms with E-state index in [9.17, 15) is 0 Å². The molecular weight excluding hydrogens is 302 g/mol. The van der Waals surface area contributed by atoms with Crippen LogP contribution in [0.3, 0.4) is 0 Å². The molecule has 2 aromatic heterocycles. The lowest BCUT2D eigenvalue weighted by molar-refractivity contribution is -0.0387. The van der Waals surface area contributed by atoms with Crippen molar-refractivity contribution in [2.24, 2.45) is 0 Å². The molecule has 124 valence electrons. The first kappa shape index (κ1) is 15.2. The number of hydrogen-bond acceptors (Lipinski definition) is 5. The Morgan fingerprint density at radius 2 is 2.25 bits per heavy atom. The smallest absolute Gasteiger partial charge is 0.163 e. The molecule has 0 unspecified atom stereocenters. The minimum atomic E-state index is -0.0159. The number of ether oxygens (including phenoxy) is 1. The number of fused-ring (bicyclic) bond motifs is 1. The van der Waals surface area contributed by atoms with E-state index < -0.39 is 0 Å². The summed E-state index contributed by atoms with van der Waals surface area (Å²) >= 11 is 0. The van der Waals surface area contributed by atoms with Crippen molar-refractivity contribution in [3.8, 4) is 0 Å². The molecule has 0 radical (unpaired) electrons. The van der Waals surface area contributed by atoms with Crippen molar-refractivity contribution in [3.63, 3.8) is 0 Å². The standard InChI is InChI=1S/C18H21N5O/c1-2-23-13-20-21-18(23)17-12-22(8-9-24-17)11-15-5-3-4-14-10-19-7-6-16(14)15/h3-7,10,13,17H,2,8-9,11-12H2,1H3/t17-/m1/s1. The third kappa shape index (κ3) is 2.90. The van der Waals surface area contributed by atoms with Gasteiger partial charge < -0.3 is 9.30 Å². The third-order valence-corrected chi connectivity index (χ3v) is 4.59. The van der Waals surface area contributed by atoms with Crippen LogP contribution in [0.1, 0.15) is 24.4 Å². The van der Waals surface area contributed by atoms with Gasteiger partial charge in [0.2, 0.25) is 0 Å². The highest BCUT2D eigenvalue weighted by atomic mass is 16.5. The van der Waals surface area contributed by atoms with Crippen LogP contribution < -0.4 is 0 Å². The van der Waals surface area contributed by atoms with Gasteiger partial charge in [0.15, 0.2) is 5.82 Å². The van der Waals surface area contributed by atoms with Crippen LogP contribution in [0.4, 0.5) is 0 Å². The van der Waals surface area contributed by atoms with Gasteiger partial charge in [-0.1, -0.05) is 18.2 Å². The average molecular weight is 323 g/mol. The number of morpholine rings is 1. The molecule has 6 nitrogen and oxygen atoms in total. The quantitative estimate of drug-likeness (QED) is 0.738. The topological polar surface area (TPSA) is 56.1 Å². The minimum Gasteiger partial charge on any atom is -0.368 e. The molecule has 24 heavy (non-hydrogen) atoms. The summed E-state index contributed by atoms with van der Waals surface area (Å²) in [5, 5.41) is 10.7. The van der Waals surface area contributed by atoms with Gasteiger partial charge in [-0.25, -0.2) is 0 Å². The van der Waals surface area contributed by atoms with Gasteiger partial charge in [0, 0.05) is 44.0 Å². The Morgan fingerprint density at radius 1 is 1.29 bits per heavy atom. The summed E-state index contributed by atoms with van der Waals surface area (Å²) in [5.41, 5.74) is 1.33. The van der Waals surface area contributed by atoms with Gasteiger partial charge in [0.25, 0.3) is 0 Å². The zero-order chi connectivity index (χ0) is 16.4. The van der Waals surface area contributed by atoms with Crippen molar-refractivity contribution in [1.29, 1.82) is 0 Å². The largest absolute Gasteiger partial charge is 0.368 e. The molecule has 0 bridgehead atoms. The van der Waals surface area contributed by atoms with Crippen molar-refractivity contribution < 1.29 is 4.74 Å². The van der Waals surface area contributed by atoms with E-state index >= 15 is 0 Å². The van der Waals surface area contributed by atoms with Gasteiger partial charge in [-0.15, -0.1) is 10.2 Å². The summed E-state index contributed by atoms with van der Waals surface area (Å²) < 4.78 is 8.00. The predicted molar refractivity (Wildman–Crippen MR) is 91.4 cm³/mol. The van der Waals surface area contributed by atoms with Crippen LogP contribution >= 0.6 is 0 Å². The van der Waals surface area contributed by atoms with Crippen LogP contribution in [0.5, 0.6) is 0 Å². The highest BCUT2D eigenvalue weighted by Crippen LogP contribution is 2.24. The number of rotatable bonds is 4. The Hall–Kier alpha value is -2.31. The number of hydrogen-bond donors (Lipinski definition) is 0. The molecule has 0 amide bonds. The van der Waals surface area contributed by atoms with E-state index in [0.29, 0.717) is 6.61 Å². The second kappa shape index (κ2) is 6.67. The third-order valence-electron chi connectivity index (χ3n) is 4.59. The Morgan fingerprint density at radius 3 is 3.17 bits per heavy atom. The second-order valence-electron chi connectivity index (χ2n) is 6.08. The lowest BCUT2D eigenvalue weighted by atomic mass is 10.1. The first-order chi connectivity index (χ1) is 11.8. The number of aromatic nitrogens is 4. The zero-order valence-corrected chi connectivity index (χ0v) is 13.8. The molecule has 3 heterocycles. The summed E-state index contributed by atoms with van der Waals surface area (Å²) in [6, 6.07) is 8.50. The highest BCUT2D eigenvalue weighted by Gasteiger charge is 2.26. The molecule has 1 atom stereocenters. The van der Waals surface area contributed by atoms with E-state index in [0.717, 1.165) is 32.0 Å². The Bertz CT molecular complexity index is 826. The first-order valence-electron chi connectivity index (χ1n) is 8.38. The zero-order valence-electron chi connectivity index (χ0n) is 13.8. The van der Waals surface area contributed by atoms with Crippen LogP contribution in [0.15, 0.2) is 43.0 Å². The van der Waals surface area contributed by atoms with Crippen LogP contribution in [0.25, 0.3) is 10.8 Å². The maximum atomic E-state index is 5.95. The molecule has 6 heteroatoms. The van der Waals surface area contributed by atoms with Gasteiger partial charge in [-0.05, 0) is 23.9 Å². The molecule has 0 N–H and O–H groups in total. The van der Waals surface area contributed by atoms with Gasteiger partial charge in [0.1, 0.15) is 12.4 Å². The van der Waals surface area contributed by atoms with Gasteiger partial charge in [-0.2, -0.15) is 0 Å². The molecule has 1 aliphatic rings. The molecule has 0 saturated carbocycles. The summed E-state index contributed by atoms with van der Waals surface area (Å²) in [7, 11) is 0. The monoisotopic (exact) mass is 323 g/mol. The second-order valence-corrected chi connectivity index (χ2v) is 6.08. The Balaban J connectivity index is 1.54. The fraction of sp³-hybridized carbons (Fsp3) is 0.389. The van der Waals surface area contributed by atoms with E-state index in [1.807, 2.05) is 12.4 Å². The molecule has 1 saturated heterocycles. The maximum Gasteiger partial charge on any atom is 0.163 e. The van der Waals surface area contributed by atoms with Crippen molar-refractivity contribution in [1.82, 2.24) is 24.6 Å². The van der Waals surface area contributed by atoms with Crippen molar-refractivity contribution >= 4 is 10.8 Å². The van der Waals surface area contributed by atoms with Crippen molar-refractivity contribution in [2.45, 2.75) is 26.1 Å². The molecule has 0 aliphatic carbocycles. The molecule has 3 aromatic rings. The minimum absolute atomic E-state index is 0.0159. The fourth-order valence-corrected chi connectivity index (χ4v) is 3.33. The lowest BCUT2D eigenvalue weighted by Gasteiger charge is -2.32. The SMILES string of the molecule is CCn1cnnc1[C@H]1CN(Cc2cccc3cnccc23)CCO1. The number of nitrogens with zero attached hydrogens (tertiary/aromatic N) is 5. The van der Waals surface area contributed by atoms with Gasteiger partial charge in [-0.3, -0.25) is 9.88 Å². The average Bonchev–Trinajstić information content (AvgIpc) is 3.11. The van der Waals surface area contributed by atoms with E-state index in [-0.39, 0.29) is 6.10 Å². The molecule has 1 aromatic carbocycles. The first-order valence-corrected chi connectivity index (χ1v) is 8.38. The van der Waals surface area contributed by atoms with Crippen molar-refractivity contribution in [2.75, 3.05) is 19.7 Å². The number of aryl methyl sites for hydroxylation is 1. The summed E-state index contributed by atoms with van der Waals surface area (Å²) in [5.74, 6) is 0.921. The van der Waals surface area contributed by atoms with Gasteiger partial charge >= 0.3 is 0 Å². The van der Waals surface area contributed by atoms with E-state index in [1.165, 1.54) is 16.3 Å². The number of pyridine rings is 1. The van der Waals surface area contributed by atoms with Crippen LogP contribution in [0, 0.1) is 0 Å². The fourth-order valence-electron chi connectivity index (χ4n) is 3.33. The Labute approximate surface area is 141 Å². The Kier molecular flexibility index (Phi) is 4.23. The van der Waals surface area contributed by atoms with Crippen LogP contribution in [-0.2, 0) is 17.8 Å². The highest BCUT2D eigenvalue weighted by molar-refractivity contribution is 5.84. The maximum absolute atomic E-state index is 5.95. The van der Waals surface area contributed by atoms with Crippen molar-refractivity contribution in [3.05, 3.63) is 54.4 Å². The van der Waals surface area contributed by atoms with E-state index in [4.69, 9.17) is 4.74 Å². The summed E-state index contributed by atoms with van der Waals surface area (Å²) in [6.07, 6.45) is 5.54. The van der Waals surface area contributed by atoms with Crippen LogP contribution in [0.2, 0.25) is 0 Å². The number of benzene rings is 1. The summed E-state index contributed by atoms with van der Waals surface area (Å²) in [6.45, 7) is 6.34. The van der Waals surface area contributed by atoms with Crippen LogP contribution in [-0.4, -0.2) is 44.3 Å². The normalized spacial score (nSPS) is 19.0. The molecule has 1 fully saturated rings. The molecule has 4 rings (SSSR count).